The first-order chi connectivity index (χ1) is 6.83. The van der Waals surface area contributed by atoms with Crippen molar-refractivity contribution in [3.8, 4) is 0 Å². The van der Waals surface area contributed by atoms with Gasteiger partial charge in [0.25, 0.3) is 0 Å². The molecular weight excluding hydrogens is 236 g/mol. The van der Waals surface area contributed by atoms with E-state index < -0.39 is 0 Å². The molecule has 0 N–H and O–H groups in total. The van der Waals surface area contributed by atoms with E-state index in [-0.39, 0.29) is 17.1 Å². The molecule has 0 aliphatic rings. The van der Waals surface area contributed by atoms with Gasteiger partial charge in [0.05, 0.1) is 0 Å². The van der Waals surface area contributed by atoms with Crippen molar-refractivity contribution in [2.24, 2.45) is 0 Å². The van der Waals surface area contributed by atoms with E-state index in [9.17, 15) is 0 Å². The van der Waals surface area contributed by atoms with Gasteiger partial charge in [-0.05, 0) is 0 Å². The molecule has 89 valence electrons. The summed E-state index contributed by atoms with van der Waals surface area (Å²) < 4.78 is 0. The van der Waals surface area contributed by atoms with Crippen LogP contribution in [0.3, 0.4) is 0 Å². The summed E-state index contributed by atoms with van der Waals surface area (Å²) in [5.41, 5.74) is 0. The molecule has 0 saturated heterocycles. The molecule has 0 aliphatic heterocycles. The SMILES string of the molecule is C=CC[N-]CC=C.C=CC[N-]CC=C.[Cu+2]. The van der Waals surface area contributed by atoms with Gasteiger partial charge in [0, 0.05) is 0 Å². The van der Waals surface area contributed by atoms with Crippen LogP contribution in [0.25, 0.3) is 10.6 Å². The first-order valence-corrected chi connectivity index (χ1v) is 4.53. The fourth-order valence-electron chi connectivity index (χ4n) is 0.514. The van der Waals surface area contributed by atoms with Gasteiger partial charge in [-0.15, -0.1) is 76.8 Å². The predicted molar refractivity (Wildman–Crippen MR) is 67.0 cm³/mol. The van der Waals surface area contributed by atoms with E-state index >= 15 is 0 Å². The summed E-state index contributed by atoms with van der Waals surface area (Å²) in [6.07, 6.45) is 7.07. The monoisotopic (exact) mass is 255 g/mol. The molecule has 0 amide bonds. The summed E-state index contributed by atoms with van der Waals surface area (Å²) in [7, 11) is 0. The Morgan fingerprint density at radius 2 is 0.800 bits per heavy atom. The average Bonchev–Trinajstić information content (AvgIpc) is 2.21. The van der Waals surface area contributed by atoms with E-state index in [1.807, 2.05) is 0 Å². The topological polar surface area (TPSA) is 28.2 Å². The third-order valence-corrected chi connectivity index (χ3v) is 1.03. The van der Waals surface area contributed by atoms with Gasteiger partial charge in [-0.2, -0.15) is 0 Å². The summed E-state index contributed by atoms with van der Waals surface area (Å²) in [6, 6.07) is 0. The quantitative estimate of drug-likeness (QED) is 0.361. The molecule has 0 aliphatic carbocycles. The summed E-state index contributed by atoms with van der Waals surface area (Å²) in [6.45, 7) is 17.0. The van der Waals surface area contributed by atoms with Gasteiger partial charge in [-0.3, -0.25) is 0 Å². The number of hydrogen-bond donors (Lipinski definition) is 0. The molecule has 0 aromatic heterocycles. The van der Waals surface area contributed by atoms with Crippen LogP contribution >= 0.6 is 0 Å². The van der Waals surface area contributed by atoms with Crippen molar-refractivity contribution in [2.75, 3.05) is 26.2 Å². The number of hydrogen-bond acceptors (Lipinski definition) is 0. The van der Waals surface area contributed by atoms with Crippen molar-refractivity contribution in [2.45, 2.75) is 0 Å². The molecule has 1 radical (unpaired) electrons. The van der Waals surface area contributed by atoms with Gasteiger partial charge >= 0.3 is 17.1 Å². The fraction of sp³-hybridized carbons (Fsp3) is 0.333. The molecule has 0 rings (SSSR count). The molecule has 0 bridgehead atoms. The Labute approximate surface area is 105 Å². The Morgan fingerprint density at radius 3 is 0.933 bits per heavy atom. The van der Waals surface area contributed by atoms with E-state index in [0.717, 1.165) is 26.2 Å². The van der Waals surface area contributed by atoms with Crippen LogP contribution in [0.1, 0.15) is 0 Å². The van der Waals surface area contributed by atoms with E-state index in [0.29, 0.717) is 0 Å². The smallest absolute Gasteiger partial charge is 0.656 e. The Bertz CT molecular complexity index is 122. The zero-order chi connectivity index (χ0) is 11.1. The predicted octanol–water partition coefficient (Wildman–Crippen LogP) is 3.46. The molecule has 3 heteroatoms. The Hall–Kier alpha value is -0.601. The average molecular weight is 256 g/mol. The zero-order valence-electron chi connectivity index (χ0n) is 9.16. The van der Waals surface area contributed by atoms with Crippen LogP contribution < -0.4 is 0 Å². The molecule has 0 spiro atoms. The van der Waals surface area contributed by atoms with Crippen molar-refractivity contribution in [1.29, 1.82) is 0 Å². The van der Waals surface area contributed by atoms with Crippen LogP contribution in [0.5, 0.6) is 0 Å². The van der Waals surface area contributed by atoms with Gasteiger partial charge in [0.15, 0.2) is 0 Å². The van der Waals surface area contributed by atoms with Crippen LogP contribution in [0.15, 0.2) is 50.6 Å². The van der Waals surface area contributed by atoms with E-state index in [2.05, 4.69) is 36.9 Å². The minimum absolute atomic E-state index is 0. The maximum atomic E-state index is 3.97. The standard InChI is InChI=1S/2C6H10N.Cu/c2*1-3-5-7-6-4-2;/h2*3-4H,1-2,5-6H2;/q2*-1;+2. The van der Waals surface area contributed by atoms with Crippen LogP contribution in [0, 0.1) is 0 Å². The van der Waals surface area contributed by atoms with Crippen LogP contribution in [0.4, 0.5) is 0 Å². The first-order valence-electron chi connectivity index (χ1n) is 4.53. The van der Waals surface area contributed by atoms with Crippen LogP contribution in [-0.2, 0) is 17.1 Å². The molecule has 0 heterocycles. The Morgan fingerprint density at radius 1 is 0.600 bits per heavy atom. The number of rotatable bonds is 8. The largest absolute Gasteiger partial charge is 2.00 e. The van der Waals surface area contributed by atoms with Gasteiger partial charge in [-0.25, -0.2) is 0 Å². The minimum Gasteiger partial charge on any atom is -0.656 e. The molecule has 0 fully saturated rings. The van der Waals surface area contributed by atoms with Gasteiger partial charge in [0.2, 0.25) is 0 Å². The van der Waals surface area contributed by atoms with Gasteiger partial charge < -0.3 is 10.6 Å². The Balaban J connectivity index is -0.000000180. The second kappa shape index (κ2) is 23.3. The van der Waals surface area contributed by atoms with Gasteiger partial charge in [0.1, 0.15) is 0 Å². The molecule has 0 saturated carbocycles. The van der Waals surface area contributed by atoms with E-state index in [4.69, 9.17) is 0 Å². The molecule has 2 nitrogen and oxygen atoms in total. The fourth-order valence-corrected chi connectivity index (χ4v) is 0.514. The third kappa shape index (κ3) is 31.8. The van der Waals surface area contributed by atoms with Crippen molar-refractivity contribution < 1.29 is 17.1 Å². The maximum Gasteiger partial charge on any atom is 2.00 e. The molecule has 0 aromatic carbocycles. The van der Waals surface area contributed by atoms with Gasteiger partial charge in [-0.1, -0.05) is 0 Å². The molecule has 0 unspecified atom stereocenters. The zero-order valence-corrected chi connectivity index (χ0v) is 10.1. The molecule has 0 aromatic rings. The summed E-state index contributed by atoms with van der Waals surface area (Å²) >= 11 is 0. The first kappa shape index (κ1) is 19.9. The van der Waals surface area contributed by atoms with Crippen LogP contribution in [-0.4, -0.2) is 26.2 Å². The third-order valence-electron chi connectivity index (χ3n) is 1.03. The number of nitrogens with zero attached hydrogens (tertiary/aromatic N) is 2. The van der Waals surface area contributed by atoms with Crippen molar-refractivity contribution in [1.82, 2.24) is 0 Å². The van der Waals surface area contributed by atoms with Crippen molar-refractivity contribution >= 4 is 0 Å². The normalized spacial score (nSPS) is 7.47. The summed E-state index contributed by atoms with van der Waals surface area (Å²) in [4.78, 5) is 0. The molecule has 0 atom stereocenters. The van der Waals surface area contributed by atoms with E-state index in [1.165, 1.54) is 0 Å². The second-order valence-electron chi connectivity index (χ2n) is 2.33. The minimum atomic E-state index is 0. The van der Waals surface area contributed by atoms with Crippen LogP contribution in [0.2, 0.25) is 0 Å². The summed E-state index contributed by atoms with van der Waals surface area (Å²) in [5.74, 6) is 0. The molecule has 15 heavy (non-hydrogen) atoms. The van der Waals surface area contributed by atoms with E-state index in [1.54, 1.807) is 24.3 Å². The summed E-state index contributed by atoms with van der Waals surface area (Å²) in [5, 5.41) is 7.94. The molecular formula is C12H20CuN2. The second-order valence-corrected chi connectivity index (χ2v) is 2.33. The Kier molecular flexibility index (Phi) is 30.9. The van der Waals surface area contributed by atoms with Crippen molar-refractivity contribution in [3.05, 3.63) is 61.3 Å². The maximum absolute atomic E-state index is 3.97. The van der Waals surface area contributed by atoms with Crippen molar-refractivity contribution in [3.63, 3.8) is 0 Å².